The molecule has 0 saturated heterocycles. The van der Waals surface area contributed by atoms with Crippen molar-refractivity contribution >= 4 is 27.3 Å². The Morgan fingerprint density at radius 2 is 2.11 bits per heavy atom. The smallest absolute Gasteiger partial charge is 0.143 e. The SMILES string of the molecule is NNC(Cc1c(F)ccc(Br)c1F)c1cccs1. The van der Waals surface area contributed by atoms with Gasteiger partial charge in [-0.05, 0) is 45.9 Å². The van der Waals surface area contributed by atoms with Gasteiger partial charge < -0.3 is 0 Å². The van der Waals surface area contributed by atoms with Gasteiger partial charge in [-0.1, -0.05) is 6.07 Å². The van der Waals surface area contributed by atoms with Crippen molar-refractivity contribution in [3.63, 3.8) is 0 Å². The second-order valence-electron chi connectivity index (χ2n) is 3.76. The maximum Gasteiger partial charge on any atom is 0.143 e. The molecule has 2 nitrogen and oxygen atoms in total. The summed E-state index contributed by atoms with van der Waals surface area (Å²) in [6.07, 6.45) is 0.161. The fraction of sp³-hybridized carbons (Fsp3) is 0.167. The average Bonchev–Trinajstić information content (AvgIpc) is 2.88. The Kier molecular flexibility index (Phi) is 4.45. The predicted octanol–water partition coefficient (Wildman–Crippen LogP) is 3.54. The minimum Gasteiger partial charge on any atom is -0.271 e. The van der Waals surface area contributed by atoms with Crippen LogP contribution in [-0.4, -0.2) is 0 Å². The number of nitrogens with two attached hydrogens (primary N) is 1. The molecule has 0 aliphatic heterocycles. The molecule has 0 spiro atoms. The number of halogens is 3. The third kappa shape index (κ3) is 2.77. The van der Waals surface area contributed by atoms with E-state index in [0.717, 1.165) is 4.88 Å². The normalized spacial score (nSPS) is 12.7. The molecule has 0 bridgehead atoms. The van der Waals surface area contributed by atoms with E-state index in [-0.39, 0.29) is 22.5 Å². The van der Waals surface area contributed by atoms with Crippen LogP contribution in [0.3, 0.4) is 0 Å². The molecule has 1 aromatic heterocycles. The largest absolute Gasteiger partial charge is 0.271 e. The molecule has 96 valence electrons. The van der Waals surface area contributed by atoms with Gasteiger partial charge in [-0.25, -0.2) is 8.78 Å². The average molecular weight is 333 g/mol. The number of hydrogen-bond donors (Lipinski definition) is 2. The number of thiophene rings is 1. The Bertz CT molecular complexity index is 531. The van der Waals surface area contributed by atoms with Gasteiger partial charge in [0, 0.05) is 10.4 Å². The van der Waals surface area contributed by atoms with E-state index in [1.807, 2.05) is 17.5 Å². The molecule has 0 aliphatic rings. The van der Waals surface area contributed by atoms with Crippen LogP contribution < -0.4 is 11.3 Å². The molecule has 1 aromatic carbocycles. The van der Waals surface area contributed by atoms with Gasteiger partial charge in [0.15, 0.2) is 0 Å². The van der Waals surface area contributed by atoms with Gasteiger partial charge in [0.05, 0.1) is 10.5 Å². The molecular weight excluding hydrogens is 322 g/mol. The van der Waals surface area contributed by atoms with Crippen LogP contribution >= 0.6 is 27.3 Å². The van der Waals surface area contributed by atoms with E-state index in [1.165, 1.54) is 23.5 Å². The number of benzene rings is 1. The zero-order valence-corrected chi connectivity index (χ0v) is 11.7. The zero-order chi connectivity index (χ0) is 13.1. The van der Waals surface area contributed by atoms with E-state index in [4.69, 9.17) is 5.84 Å². The van der Waals surface area contributed by atoms with E-state index in [0.29, 0.717) is 0 Å². The fourth-order valence-electron chi connectivity index (χ4n) is 1.69. The quantitative estimate of drug-likeness (QED) is 0.510. The third-order valence-electron chi connectivity index (χ3n) is 2.63. The number of nitrogens with one attached hydrogen (secondary N) is 1. The molecule has 18 heavy (non-hydrogen) atoms. The predicted molar refractivity (Wildman–Crippen MR) is 72.1 cm³/mol. The summed E-state index contributed by atoms with van der Waals surface area (Å²) in [5, 5.41) is 1.90. The summed E-state index contributed by atoms with van der Waals surface area (Å²) in [7, 11) is 0. The lowest BCUT2D eigenvalue weighted by Gasteiger charge is -2.15. The fourth-order valence-corrected chi connectivity index (χ4v) is 2.85. The van der Waals surface area contributed by atoms with Gasteiger partial charge >= 0.3 is 0 Å². The molecule has 0 aliphatic carbocycles. The molecule has 6 heteroatoms. The van der Waals surface area contributed by atoms with Crippen LogP contribution in [0.15, 0.2) is 34.1 Å². The molecular formula is C12H11BrF2N2S. The highest BCUT2D eigenvalue weighted by molar-refractivity contribution is 9.10. The maximum absolute atomic E-state index is 13.8. The monoisotopic (exact) mass is 332 g/mol. The Morgan fingerprint density at radius 1 is 1.33 bits per heavy atom. The molecule has 3 N–H and O–H groups in total. The van der Waals surface area contributed by atoms with Crippen LogP contribution in [-0.2, 0) is 6.42 Å². The van der Waals surface area contributed by atoms with E-state index in [2.05, 4.69) is 21.4 Å². The van der Waals surface area contributed by atoms with E-state index in [1.54, 1.807) is 0 Å². The summed E-state index contributed by atoms with van der Waals surface area (Å²) in [4.78, 5) is 0.941. The molecule has 0 saturated carbocycles. The molecule has 0 amide bonds. The van der Waals surface area contributed by atoms with Crippen molar-refractivity contribution in [1.82, 2.24) is 5.43 Å². The van der Waals surface area contributed by atoms with Crippen LogP contribution in [0, 0.1) is 11.6 Å². The first kappa shape index (κ1) is 13.6. The Labute approximate surface area is 116 Å². The van der Waals surface area contributed by atoms with Gasteiger partial charge in [0.25, 0.3) is 0 Å². The van der Waals surface area contributed by atoms with Crippen molar-refractivity contribution in [1.29, 1.82) is 0 Å². The molecule has 0 radical (unpaired) electrons. The molecule has 1 unspecified atom stereocenters. The van der Waals surface area contributed by atoms with E-state index < -0.39 is 11.6 Å². The zero-order valence-electron chi connectivity index (χ0n) is 9.29. The van der Waals surface area contributed by atoms with E-state index >= 15 is 0 Å². The summed E-state index contributed by atoms with van der Waals surface area (Å²) >= 11 is 4.54. The van der Waals surface area contributed by atoms with Crippen LogP contribution in [0.5, 0.6) is 0 Å². The molecule has 1 atom stereocenters. The minimum absolute atomic E-state index is 0.0284. The van der Waals surface area contributed by atoms with Crippen molar-refractivity contribution in [3.8, 4) is 0 Å². The van der Waals surface area contributed by atoms with Crippen LogP contribution in [0.2, 0.25) is 0 Å². The lowest BCUT2D eigenvalue weighted by atomic mass is 10.0. The first-order valence-corrected chi connectivity index (χ1v) is 6.92. The third-order valence-corrected chi connectivity index (χ3v) is 4.23. The number of hydrazine groups is 1. The van der Waals surface area contributed by atoms with Crippen molar-refractivity contribution in [2.75, 3.05) is 0 Å². The molecule has 2 rings (SSSR count). The summed E-state index contributed by atoms with van der Waals surface area (Å²) < 4.78 is 27.7. The van der Waals surface area contributed by atoms with Crippen LogP contribution in [0.1, 0.15) is 16.5 Å². The Hall–Kier alpha value is -0.820. The summed E-state index contributed by atoms with van der Waals surface area (Å²) in [6, 6.07) is 6.04. The topological polar surface area (TPSA) is 38.0 Å². The van der Waals surface area contributed by atoms with Crippen LogP contribution in [0.25, 0.3) is 0 Å². The standard InChI is InChI=1S/C12H11BrF2N2S/c13-8-3-4-9(14)7(12(8)15)6-10(17-16)11-2-1-5-18-11/h1-5,10,17H,6,16H2. The van der Waals surface area contributed by atoms with Crippen molar-refractivity contribution < 1.29 is 8.78 Å². The first-order chi connectivity index (χ1) is 8.63. The van der Waals surface area contributed by atoms with Gasteiger partial charge in [-0.2, -0.15) is 0 Å². The molecule has 2 aromatic rings. The lowest BCUT2D eigenvalue weighted by Crippen LogP contribution is -2.29. The molecule has 0 fully saturated rings. The number of rotatable bonds is 4. The summed E-state index contributed by atoms with van der Waals surface area (Å²) in [5.74, 6) is 4.31. The van der Waals surface area contributed by atoms with Gasteiger partial charge in [0.1, 0.15) is 11.6 Å². The highest BCUT2D eigenvalue weighted by Crippen LogP contribution is 2.27. The van der Waals surface area contributed by atoms with Gasteiger partial charge in [0.2, 0.25) is 0 Å². The highest BCUT2D eigenvalue weighted by Gasteiger charge is 2.18. The minimum atomic E-state index is -0.577. The molecule has 1 heterocycles. The first-order valence-electron chi connectivity index (χ1n) is 5.25. The van der Waals surface area contributed by atoms with E-state index in [9.17, 15) is 8.78 Å². The summed E-state index contributed by atoms with van der Waals surface area (Å²) in [6.45, 7) is 0. The van der Waals surface area contributed by atoms with Gasteiger partial charge in [-0.15, -0.1) is 11.3 Å². The second-order valence-corrected chi connectivity index (χ2v) is 5.59. The lowest BCUT2D eigenvalue weighted by molar-refractivity contribution is 0.502. The van der Waals surface area contributed by atoms with Crippen LogP contribution in [0.4, 0.5) is 8.78 Å². The van der Waals surface area contributed by atoms with Gasteiger partial charge in [-0.3, -0.25) is 11.3 Å². The Morgan fingerprint density at radius 3 is 2.72 bits per heavy atom. The van der Waals surface area contributed by atoms with Crippen molar-refractivity contribution in [3.05, 3.63) is 56.2 Å². The van der Waals surface area contributed by atoms with Crippen molar-refractivity contribution in [2.24, 2.45) is 5.84 Å². The Balaban J connectivity index is 2.30. The van der Waals surface area contributed by atoms with Crippen molar-refractivity contribution in [2.45, 2.75) is 12.5 Å². The number of hydrogen-bond acceptors (Lipinski definition) is 3. The maximum atomic E-state index is 13.8. The summed E-state index contributed by atoms with van der Waals surface area (Å²) in [5.41, 5.74) is 2.62. The second kappa shape index (κ2) is 5.88. The highest BCUT2D eigenvalue weighted by atomic mass is 79.9.